The van der Waals surface area contributed by atoms with Crippen LogP contribution in [0.1, 0.15) is 37.7 Å². The molecule has 2 saturated heterocycles. The van der Waals surface area contributed by atoms with Gasteiger partial charge in [0.15, 0.2) is 0 Å². The van der Waals surface area contributed by atoms with Crippen molar-refractivity contribution in [2.75, 3.05) is 26.8 Å². The molecule has 2 aliphatic heterocycles. The lowest BCUT2D eigenvalue weighted by atomic mass is 9.73. The van der Waals surface area contributed by atoms with Crippen LogP contribution in [0.3, 0.4) is 0 Å². The number of methoxy groups -OCH3 is 1. The van der Waals surface area contributed by atoms with Gasteiger partial charge in [0.05, 0.1) is 13.7 Å². The number of nitrogens with zero attached hydrogens (tertiary/aromatic N) is 1. The first-order valence-electron chi connectivity index (χ1n) is 9.07. The van der Waals surface area contributed by atoms with E-state index in [2.05, 4.69) is 34.5 Å². The summed E-state index contributed by atoms with van der Waals surface area (Å²) in [5.74, 6) is 1.58. The molecule has 1 aliphatic carbocycles. The van der Waals surface area contributed by atoms with Crippen LogP contribution in [0, 0.1) is 5.92 Å². The van der Waals surface area contributed by atoms with E-state index in [1.807, 2.05) is 0 Å². The highest BCUT2D eigenvalue weighted by atomic mass is 16.5. The van der Waals surface area contributed by atoms with E-state index in [-0.39, 0.29) is 5.72 Å². The van der Waals surface area contributed by atoms with Crippen molar-refractivity contribution in [1.29, 1.82) is 0 Å². The standard InChI is InChI=1S/C19H28N2O2/c1-22-16-8-6-15(7-9-16)14-21-12-10-19(20-11-13-23-19)17-4-2-3-5-18(17)21/h6-9,17-18,20H,2-5,10-14H2,1H3. The predicted octanol–water partition coefficient (Wildman–Crippen LogP) is 2.78. The minimum atomic E-state index is -0.0263. The maximum absolute atomic E-state index is 6.23. The molecule has 4 heteroatoms. The molecule has 126 valence electrons. The van der Waals surface area contributed by atoms with Crippen molar-refractivity contribution in [3.63, 3.8) is 0 Å². The zero-order valence-electron chi connectivity index (χ0n) is 14.1. The number of piperidine rings is 1. The molecule has 3 atom stereocenters. The minimum Gasteiger partial charge on any atom is -0.497 e. The SMILES string of the molecule is COc1ccc(CN2CCC3(NCCO3)C3CCCCC32)cc1. The van der Waals surface area contributed by atoms with Gasteiger partial charge in [-0.25, -0.2) is 0 Å². The lowest BCUT2D eigenvalue weighted by Gasteiger charge is -2.52. The van der Waals surface area contributed by atoms with Gasteiger partial charge < -0.3 is 9.47 Å². The van der Waals surface area contributed by atoms with Crippen LogP contribution in [-0.4, -0.2) is 43.5 Å². The highest BCUT2D eigenvalue weighted by Crippen LogP contribution is 2.43. The molecule has 0 amide bonds. The molecule has 0 aromatic heterocycles. The van der Waals surface area contributed by atoms with Crippen LogP contribution in [0.2, 0.25) is 0 Å². The van der Waals surface area contributed by atoms with Gasteiger partial charge in [0.25, 0.3) is 0 Å². The number of nitrogens with one attached hydrogen (secondary N) is 1. The second kappa shape index (κ2) is 6.42. The lowest BCUT2D eigenvalue weighted by Crippen LogP contribution is -2.63. The molecule has 1 saturated carbocycles. The van der Waals surface area contributed by atoms with Crippen molar-refractivity contribution in [2.45, 2.75) is 50.4 Å². The second-order valence-corrected chi connectivity index (χ2v) is 7.19. The Hall–Kier alpha value is -1.10. The molecule has 4 rings (SSSR count). The van der Waals surface area contributed by atoms with Crippen molar-refractivity contribution in [1.82, 2.24) is 10.2 Å². The average molecular weight is 316 g/mol. The van der Waals surface area contributed by atoms with Gasteiger partial charge in [-0.05, 0) is 30.5 Å². The van der Waals surface area contributed by atoms with Gasteiger partial charge in [0.1, 0.15) is 11.5 Å². The topological polar surface area (TPSA) is 33.7 Å². The van der Waals surface area contributed by atoms with Gasteiger partial charge in [-0.15, -0.1) is 0 Å². The Kier molecular flexibility index (Phi) is 4.31. The summed E-state index contributed by atoms with van der Waals surface area (Å²) in [6, 6.07) is 9.20. The maximum atomic E-state index is 6.23. The summed E-state index contributed by atoms with van der Waals surface area (Å²) in [6.45, 7) is 4.06. The zero-order valence-corrected chi connectivity index (χ0v) is 14.1. The molecule has 0 bridgehead atoms. The smallest absolute Gasteiger partial charge is 0.124 e. The van der Waals surface area contributed by atoms with Crippen LogP contribution in [0.25, 0.3) is 0 Å². The summed E-state index contributed by atoms with van der Waals surface area (Å²) < 4.78 is 11.5. The maximum Gasteiger partial charge on any atom is 0.124 e. The van der Waals surface area contributed by atoms with Gasteiger partial charge >= 0.3 is 0 Å². The summed E-state index contributed by atoms with van der Waals surface area (Å²) in [5.41, 5.74) is 1.35. The molecule has 1 N–H and O–H groups in total. The first-order chi connectivity index (χ1) is 11.3. The third-order valence-electron chi connectivity index (χ3n) is 6.00. The Balaban J connectivity index is 1.50. The van der Waals surface area contributed by atoms with E-state index in [0.717, 1.165) is 38.4 Å². The largest absolute Gasteiger partial charge is 0.497 e. The highest BCUT2D eigenvalue weighted by Gasteiger charge is 2.51. The van der Waals surface area contributed by atoms with E-state index >= 15 is 0 Å². The van der Waals surface area contributed by atoms with Crippen molar-refractivity contribution >= 4 is 0 Å². The fourth-order valence-corrected chi connectivity index (χ4v) is 4.86. The number of benzene rings is 1. The molecule has 1 aromatic rings. The first-order valence-corrected chi connectivity index (χ1v) is 9.07. The van der Waals surface area contributed by atoms with Crippen molar-refractivity contribution in [3.8, 4) is 5.75 Å². The third-order valence-corrected chi connectivity index (χ3v) is 6.00. The summed E-state index contributed by atoms with van der Waals surface area (Å²) >= 11 is 0. The molecular formula is C19H28N2O2. The molecule has 23 heavy (non-hydrogen) atoms. The monoisotopic (exact) mass is 316 g/mol. The predicted molar refractivity (Wildman–Crippen MR) is 90.5 cm³/mol. The second-order valence-electron chi connectivity index (χ2n) is 7.19. The molecule has 2 heterocycles. The number of ether oxygens (including phenoxy) is 2. The fourth-order valence-electron chi connectivity index (χ4n) is 4.86. The van der Waals surface area contributed by atoms with E-state index in [1.54, 1.807) is 7.11 Å². The van der Waals surface area contributed by atoms with Gasteiger partial charge in [0, 0.05) is 38.0 Å². The van der Waals surface area contributed by atoms with E-state index in [1.165, 1.54) is 31.2 Å². The summed E-state index contributed by atoms with van der Waals surface area (Å²) in [6.07, 6.45) is 6.44. The molecular weight excluding hydrogens is 288 g/mol. The van der Waals surface area contributed by atoms with E-state index in [9.17, 15) is 0 Å². The Labute approximate surface area is 139 Å². The highest BCUT2D eigenvalue weighted by molar-refractivity contribution is 5.27. The average Bonchev–Trinajstić information content (AvgIpc) is 3.08. The molecule has 3 aliphatic rings. The van der Waals surface area contributed by atoms with E-state index < -0.39 is 0 Å². The number of hydrogen-bond acceptors (Lipinski definition) is 4. The van der Waals surface area contributed by atoms with Crippen LogP contribution >= 0.6 is 0 Å². The zero-order chi connectivity index (χ0) is 15.7. The minimum absolute atomic E-state index is 0.0263. The van der Waals surface area contributed by atoms with Crippen LogP contribution in [0.15, 0.2) is 24.3 Å². The molecule has 1 spiro atoms. The van der Waals surface area contributed by atoms with E-state index in [0.29, 0.717) is 12.0 Å². The van der Waals surface area contributed by atoms with Crippen molar-refractivity contribution in [2.24, 2.45) is 5.92 Å². The first kappa shape index (κ1) is 15.4. The van der Waals surface area contributed by atoms with Crippen LogP contribution in [0.4, 0.5) is 0 Å². The molecule has 3 fully saturated rings. The van der Waals surface area contributed by atoms with Gasteiger partial charge in [-0.1, -0.05) is 25.0 Å². The molecule has 0 radical (unpaired) electrons. The summed E-state index contributed by atoms with van der Waals surface area (Å²) in [7, 11) is 1.72. The number of rotatable bonds is 3. The van der Waals surface area contributed by atoms with Crippen molar-refractivity contribution < 1.29 is 9.47 Å². The van der Waals surface area contributed by atoms with E-state index in [4.69, 9.17) is 9.47 Å². The van der Waals surface area contributed by atoms with Crippen LogP contribution < -0.4 is 10.1 Å². The summed E-state index contributed by atoms with van der Waals surface area (Å²) in [5, 5.41) is 3.71. The Morgan fingerprint density at radius 2 is 2.09 bits per heavy atom. The van der Waals surface area contributed by atoms with Crippen LogP contribution in [-0.2, 0) is 11.3 Å². The number of fused-ring (bicyclic) bond motifs is 2. The molecule has 3 unspecified atom stereocenters. The lowest BCUT2D eigenvalue weighted by molar-refractivity contribution is -0.138. The number of hydrogen-bond donors (Lipinski definition) is 1. The van der Waals surface area contributed by atoms with Gasteiger partial charge in [-0.3, -0.25) is 10.2 Å². The molecule has 1 aromatic carbocycles. The normalized spacial score (nSPS) is 34.5. The summed E-state index contributed by atoms with van der Waals surface area (Å²) in [4.78, 5) is 2.69. The van der Waals surface area contributed by atoms with Gasteiger partial charge in [-0.2, -0.15) is 0 Å². The number of likely N-dealkylation sites (tertiary alicyclic amines) is 1. The van der Waals surface area contributed by atoms with Crippen molar-refractivity contribution in [3.05, 3.63) is 29.8 Å². The molecule has 4 nitrogen and oxygen atoms in total. The third kappa shape index (κ3) is 2.88. The van der Waals surface area contributed by atoms with Crippen LogP contribution in [0.5, 0.6) is 5.75 Å². The van der Waals surface area contributed by atoms with Gasteiger partial charge in [0.2, 0.25) is 0 Å². The Morgan fingerprint density at radius 1 is 1.26 bits per heavy atom. The Bertz CT molecular complexity index is 525. The quantitative estimate of drug-likeness (QED) is 0.930. The fraction of sp³-hybridized carbons (Fsp3) is 0.684. The Morgan fingerprint density at radius 3 is 2.83 bits per heavy atom.